The van der Waals surface area contributed by atoms with Gasteiger partial charge in [0.1, 0.15) is 12.4 Å². The van der Waals surface area contributed by atoms with E-state index in [2.05, 4.69) is 42.2 Å². The quantitative estimate of drug-likeness (QED) is 0.131. The molecule has 0 bridgehead atoms. The molecule has 8 heteroatoms. The van der Waals surface area contributed by atoms with Crippen LogP contribution in [0.2, 0.25) is 0 Å². The number of carbonyl (C=O) groups is 1. The summed E-state index contributed by atoms with van der Waals surface area (Å²) in [7, 11) is 3.20. The maximum Gasteiger partial charge on any atom is 0.312 e. The number of hydrazine groups is 1. The number of anilines is 2. The van der Waals surface area contributed by atoms with Gasteiger partial charge in [0.2, 0.25) is 0 Å². The zero-order chi connectivity index (χ0) is 30.2. The summed E-state index contributed by atoms with van der Waals surface area (Å²) in [5, 5.41) is 2.59. The predicted molar refractivity (Wildman–Crippen MR) is 168 cm³/mol. The molecule has 4 N–H and O–H groups in total. The lowest BCUT2D eigenvalue weighted by atomic mass is 9.69. The van der Waals surface area contributed by atoms with Crippen LogP contribution in [0.3, 0.4) is 0 Å². The van der Waals surface area contributed by atoms with Crippen molar-refractivity contribution in [3.8, 4) is 5.75 Å². The van der Waals surface area contributed by atoms with Crippen LogP contribution in [0.5, 0.6) is 5.75 Å². The van der Waals surface area contributed by atoms with E-state index in [0.29, 0.717) is 18.8 Å². The van der Waals surface area contributed by atoms with Gasteiger partial charge in [-0.15, -0.1) is 0 Å². The van der Waals surface area contributed by atoms with Gasteiger partial charge in [0.05, 0.1) is 35.1 Å². The molecule has 1 atom stereocenters. The Kier molecular flexibility index (Phi) is 8.12. The van der Waals surface area contributed by atoms with Crippen molar-refractivity contribution in [2.75, 3.05) is 38.1 Å². The molecule has 1 aromatic heterocycles. The number of aromatic nitrogens is 1. The number of carbonyl (C=O) groups excluding carboxylic acids is 1. The summed E-state index contributed by atoms with van der Waals surface area (Å²) in [6, 6.07) is 20.6. The Balaban J connectivity index is 1.53. The Hall–Kier alpha value is -4.14. The maximum atomic E-state index is 13.2. The molecule has 0 aliphatic carbocycles. The van der Waals surface area contributed by atoms with E-state index in [4.69, 9.17) is 26.0 Å². The third-order valence-electron chi connectivity index (χ3n) is 8.56. The molecule has 3 aromatic carbocycles. The summed E-state index contributed by atoms with van der Waals surface area (Å²) in [5.41, 5.74) is 14.2. The Labute approximate surface area is 248 Å². The molecule has 2 heterocycles. The molecule has 0 fully saturated rings. The summed E-state index contributed by atoms with van der Waals surface area (Å²) in [5.74, 6) is 6.29. The van der Waals surface area contributed by atoms with Crippen LogP contribution < -0.4 is 21.3 Å². The number of rotatable bonds is 7. The molecule has 0 saturated carbocycles. The highest BCUT2D eigenvalue weighted by Gasteiger charge is 2.41. The highest BCUT2D eigenvalue weighted by Crippen LogP contribution is 2.45. The second kappa shape index (κ2) is 11.6. The van der Waals surface area contributed by atoms with E-state index < -0.39 is 5.41 Å². The number of hydrogen-bond acceptors (Lipinski definition) is 8. The molecular weight excluding hydrogens is 526 g/mol. The van der Waals surface area contributed by atoms with Gasteiger partial charge in [-0.2, -0.15) is 0 Å². The number of benzene rings is 3. The number of methoxy groups -OCH3 is 1. The van der Waals surface area contributed by atoms with Gasteiger partial charge < -0.3 is 20.2 Å². The van der Waals surface area contributed by atoms with Gasteiger partial charge in [0.15, 0.2) is 0 Å². The third kappa shape index (κ3) is 5.52. The van der Waals surface area contributed by atoms with E-state index in [1.807, 2.05) is 51.1 Å². The van der Waals surface area contributed by atoms with Crippen molar-refractivity contribution in [2.45, 2.75) is 46.7 Å². The Bertz CT molecular complexity index is 1630. The first-order valence-corrected chi connectivity index (χ1v) is 14.3. The topological polar surface area (TPSA) is 107 Å². The number of fused-ring (bicyclic) bond motifs is 2. The Morgan fingerprint density at radius 2 is 1.90 bits per heavy atom. The summed E-state index contributed by atoms with van der Waals surface area (Å²) < 4.78 is 11.4. The minimum absolute atomic E-state index is 0.285. The van der Waals surface area contributed by atoms with E-state index in [1.165, 1.54) is 23.2 Å². The number of para-hydroxylation sites is 1. The molecule has 1 aliphatic rings. The summed E-state index contributed by atoms with van der Waals surface area (Å²) in [4.78, 5) is 20.5. The minimum Gasteiger partial charge on any atom is -0.490 e. The number of nitrogens with zero attached hydrogens (tertiary/aromatic N) is 3. The molecule has 0 radical (unpaired) electrons. The number of nitrogen functional groups attached to an aromatic ring is 1. The largest absolute Gasteiger partial charge is 0.490 e. The summed E-state index contributed by atoms with van der Waals surface area (Å²) in [6.45, 7) is 10.7. The van der Waals surface area contributed by atoms with Crippen LogP contribution >= 0.6 is 0 Å². The minimum atomic E-state index is -0.866. The van der Waals surface area contributed by atoms with Gasteiger partial charge in [-0.1, -0.05) is 42.5 Å². The number of ether oxygens (including phenoxy) is 2. The summed E-state index contributed by atoms with van der Waals surface area (Å²) in [6.07, 6.45) is 0. The average molecular weight is 568 g/mol. The van der Waals surface area contributed by atoms with Crippen molar-refractivity contribution in [3.63, 3.8) is 0 Å². The third-order valence-corrected chi connectivity index (χ3v) is 8.56. The standard InChI is InChI=1S/C34H41N5O3/c1-21-11-12-24(31(34(3,4)33(40)41-6)26-13-14-29(38(5)36)32(35)22(26)2)17-25(21)19-39-15-16-42-30-18-23-9-7-8-10-27(23)37-28(30)20-39/h7-14,17-18,31H,15-16,19-20,35-36H2,1-6H3. The van der Waals surface area contributed by atoms with E-state index in [1.54, 1.807) is 7.05 Å². The molecule has 1 unspecified atom stereocenters. The van der Waals surface area contributed by atoms with Crippen molar-refractivity contribution in [1.82, 2.24) is 9.88 Å². The van der Waals surface area contributed by atoms with Crippen LogP contribution in [0.4, 0.5) is 11.4 Å². The maximum absolute atomic E-state index is 13.2. The molecule has 1 aliphatic heterocycles. The lowest BCUT2D eigenvalue weighted by Crippen LogP contribution is -2.34. The lowest BCUT2D eigenvalue weighted by molar-refractivity contribution is -0.151. The zero-order valence-electron chi connectivity index (χ0n) is 25.4. The molecule has 4 aromatic rings. The predicted octanol–water partition coefficient (Wildman–Crippen LogP) is 5.47. The fraction of sp³-hybridized carbons (Fsp3) is 0.353. The summed E-state index contributed by atoms with van der Waals surface area (Å²) >= 11 is 0. The van der Waals surface area contributed by atoms with Crippen molar-refractivity contribution in [1.29, 1.82) is 0 Å². The number of esters is 1. The fourth-order valence-electron chi connectivity index (χ4n) is 6.08. The van der Waals surface area contributed by atoms with Crippen molar-refractivity contribution in [3.05, 3.63) is 94.2 Å². The van der Waals surface area contributed by atoms with Gasteiger partial charge in [0, 0.05) is 38.0 Å². The van der Waals surface area contributed by atoms with Gasteiger partial charge in [0.25, 0.3) is 0 Å². The zero-order valence-corrected chi connectivity index (χ0v) is 25.4. The van der Waals surface area contributed by atoms with Gasteiger partial charge in [-0.25, -0.2) is 10.8 Å². The van der Waals surface area contributed by atoms with Crippen LogP contribution in [-0.2, 0) is 22.6 Å². The van der Waals surface area contributed by atoms with Gasteiger partial charge in [-0.05, 0) is 73.7 Å². The van der Waals surface area contributed by atoms with Crippen molar-refractivity contribution < 1.29 is 14.3 Å². The second-order valence-corrected chi connectivity index (χ2v) is 11.8. The smallest absolute Gasteiger partial charge is 0.312 e. The second-order valence-electron chi connectivity index (χ2n) is 11.8. The first-order chi connectivity index (χ1) is 20.0. The molecule has 42 heavy (non-hydrogen) atoms. The van der Waals surface area contributed by atoms with Crippen LogP contribution in [0.25, 0.3) is 10.9 Å². The van der Waals surface area contributed by atoms with Crippen LogP contribution in [0, 0.1) is 19.3 Å². The molecule has 5 rings (SSSR count). The number of pyridine rings is 1. The van der Waals surface area contributed by atoms with E-state index in [0.717, 1.165) is 57.8 Å². The SMILES string of the molecule is COC(=O)C(C)(C)C(c1ccc(C)c(CN2CCOc3cc4ccccc4nc3C2)c1)c1ccc(N(C)N)c(N)c1C. The van der Waals surface area contributed by atoms with Crippen LogP contribution in [0.15, 0.2) is 60.7 Å². The van der Waals surface area contributed by atoms with E-state index in [-0.39, 0.29) is 11.9 Å². The highest BCUT2D eigenvalue weighted by molar-refractivity contribution is 5.81. The normalized spacial score (nSPS) is 14.5. The van der Waals surface area contributed by atoms with Gasteiger partial charge >= 0.3 is 5.97 Å². The van der Waals surface area contributed by atoms with Gasteiger partial charge in [-0.3, -0.25) is 9.69 Å². The fourth-order valence-corrected chi connectivity index (χ4v) is 6.08. The molecule has 0 spiro atoms. The number of nitrogens with two attached hydrogens (primary N) is 2. The van der Waals surface area contributed by atoms with Crippen LogP contribution in [0.1, 0.15) is 53.3 Å². The first-order valence-electron chi connectivity index (χ1n) is 14.3. The number of hydrogen-bond donors (Lipinski definition) is 2. The average Bonchev–Trinajstić information content (AvgIpc) is 3.16. The molecule has 0 amide bonds. The van der Waals surface area contributed by atoms with E-state index >= 15 is 0 Å². The highest BCUT2D eigenvalue weighted by atomic mass is 16.5. The molecule has 0 saturated heterocycles. The Morgan fingerprint density at radius 1 is 1.14 bits per heavy atom. The first kappa shape index (κ1) is 29.4. The Morgan fingerprint density at radius 3 is 2.64 bits per heavy atom. The monoisotopic (exact) mass is 567 g/mol. The molecular formula is C34H41N5O3. The lowest BCUT2D eigenvalue weighted by Gasteiger charge is -2.35. The number of aryl methyl sites for hydroxylation is 1. The molecule has 220 valence electrons. The molecule has 8 nitrogen and oxygen atoms in total. The van der Waals surface area contributed by atoms with Crippen molar-refractivity contribution in [2.24, 2.45) is 11.3 Å². The van der Waals surface area contributed by atoms with Crippen molar-refractivity contribution >= 4 is 28.2 Å². The van der Waals surface area contributed by atoms with E-state index in [9.17, 15) is 4.79 Å². The van der Waals surface area contributed by atoms with Crippen LogP contribution in [-0.4, -0.2) is 43.2 Å².